The molecular weight excluding hydrogens is 295 g/mol. The third kappa shape index (κ3) is 2.88. The lowest BCUT2D eigenvalue weighted by Gasteiger charge is -2.24. The molecule has 1 aliphatic heterocycles. The largest absolute Gasteiger partial charge is 0.392 e. The van der Waals surface area contributed by atoms with Gasteiger partial charge in [0.15, 0.2) is 0 Å². The summed E-state index contributed by atoms with van der Waals surface area (Å²) < 4.78 is 15.6. The summed E-state index contributed by atoms with van der Waals surface area (Å²) in [5.74, 6) is 2.28. The number of likely N-dealkylation sites (tertiary alicyclic amines) is 1. The molecule has 0 amide bonds. The van der Waals surface area contributed by atoms with Crippen LogP contribution in [0.5, 0.6) is 0 Å². The van der Waals surface area contributed by atoms with E-state index in [0.29, 0.717) is 25.4 Å². The Bertz CT molecular complexity index is 712. The lowest BCUT2D eigenvalue weighted by molar-refractivity contribution is 0.170. The van der Waals surface area contributed by atoms with Crippen molar-refractivity contribution in [3.8, 4) is 0 Å². The second-order valence-corrected chi connectivity index (χ2v) is 6.70. The zero-order valence-electron chi connectivity index (χ0n) is 13.2. The topological polar surface area (TPSA) is 54.2 Å². The highest BCUT2D eigenvalue weighted by Gasteiger charge is 2.34. The molecule has 0 unspecified atom stereocenters. The fourth-order valence-corrected chi connectivity index (χ4v) is 3.51. The number of aliphatic hydroxyl groups is 1. The van der Waals surface area contributed by atoms with Gasteiger partial charge in [0.1, 0.15) is 17.5 Å². The van der Waals surface area contributed by atoms with E-state index in [-0.39, 0.29) is 18.0 Å². The molecule has 1 N–H and O–H groups in total. The van der Waals surface area contributed by atoms with Crippen LogP contribution in [0, 0.1) is 5.82 Å². The molecule has 1 aliphatic carbocycles. The van der Waals surface area contributed by atoms with Gasteiger partial charge in [-0.1, -0.05) is 12.1 Å². The second-order valence-electron chi connectivity index (χ2n) is 6.70. The third-order valence-corrected chi connectivity index (χ3v) is 4.90. The summed E-state index contributed by atoms with van der Waals surface area (Å²) in [4.78, 5) is 2.17. The van der Waals surface area contributed by atoms with Gasteiger partial charge >= 0.3 is 0 Å². The van der Waals surface area contributed by atoms with Crippen LogP contribution in [0.15, 0.2) is 24.3 Å². The predicted molar refractivity (Wildman–Crippen MR) is 83.2 cm³/mol. The Kier molecular flexibility index (Phi) is 3.66. The van der Waals surface area contributed by atoms with Crippen molar-refractivity contribution in [1.29, 1.82) is 0 Å². The Balaban J connectivity index is 1.56. The molecule has 1 saturated heterocycles. The van der Waals surface area contributed by atoms with Gasteiger partial charge in [-0.3, -0.25) is 4.90 Å². The number of halogens is 1. The van der Waals surface area contributed by atoms with Gasteiger partial charge in [-0.15, -0.1) is 10.2 Å². The molecule has 6 heteroatoms. The van der Waals surface area contributed by atoms with Gasteiger partial charge in [-0.05, 0) is 37.0 Å². The SMILES string of the molecule is Cn1c(CN2C[C@@H](O)C[C@H]2c2cccc(F)c2)nnc1C1CC1. The summed E-state index contributed by atoms with van der Waals surface area (Å²) in [6.45, 7) is 1.20. The molecule has 2 aliphatic rings. The molecule has 2 fully saturated rings. The molecule has 0 spiro atoms. The number of aliphatic hydroxyl groups excluding tert-OH is 1. The standard InChI is InChI=1S/C17H21FN4O/c1-21-16(19-20-17(21)11-5-6-11)10-22-9-14(23)8-15(22)12-3-2-4-13(18)7-12/h2-4,7,11,14-15,23H,5-6,8-10H2,1H3/t14-,15-/m0/s1. The summed E-state index contributed by atoms with van der Waals surface area (Å²) in [6, 6.07) is 6.67. The molecule has 23 heavy (non-hydrogen) atoms. The molecule has 1 saturated carbocycles. The van der Waals surface area contributed by atoms with Gasteiger partial charge < -0.3 is 9.67 Å². The van der Waals surface area contributed by atoms with Crippen molar-refractivity contribution < 1.29 is 9.50 Å². The van der Waals surface area contributed by atoms with Gasteiger partial charge in [-0.2, -0.15) is 0 Å². The first-order valence-electron chi connectivity index (χ1n) is 8.17. The maximum Gasteiger partial charge on any atom is 0.146 e. The van der Waals surface area contributed by atoms with Crippen molar-refractivity contribution in [2.75, 3.05) is 6.54 Å². The predicted octanol–water partition coefficient (Wildman–Crippen LogP) is 2.14. The molecule has 0 radical (unpaired) electrons. The van der Waals surface area contributed by atoms with Gasteiger partial charge in [0.25, 0.3) is 0 Å². The van der Waals surface area contributed by atoms with E-state index in [4.69, 9.17) is 0 Å². The first-order valence-corrected chi connectivity index (χ1v) is 8.17. The Morgan fingerprint density at radius 3 is 2.87 bits per heavy atom. The molecular formula is C17H21FN4O. The fraction of sp³-hybridized carbons (Fsp3) is 0.529. The van der Waals surface area contributed by atoms with Gasteiger partial charge in [0.05, 0.1) is 12.6 Å². The zero-order chi connectivity index (χ0) is 16.0. The van der Waals surface area contributed by atoms with E-state index >= 15 is 0 Å². The second kappa shape index (κ2) is 5.69. The fourth-order valence-electron chi connectivity index (χ4n) is 3.51. The van der Waals surface area contributed by atoms with E-state index in [1.807, 2.05) is 13.1 Å². The number of nitrogens with zero attached hydrogens (tertiary/aromatic N) is 4. The number of hydrogen-bond donors (Lipinski definition) is 1. The minimum atomic E-state index is -0.389. The highest BCUT2D eigenvalue weighted by Crippen LogP contribution is 2.39. The smallest absolute Gasteiger partial charge is 0.146 e. The van der Waals surface area contributed by atoms with E-state index < -0.39 is 0 Å². The molecule has 4 rings (SSSR count). The van der Waals surface area contributed by atoms with Crippen molar-refractivity contribution in [2.24, 2.45) is 7.05 Å². The van der Waals surface area contributed by atoms with E-state index in [1.54, 1.807) is 12.1 Å². The molecule has 122 valence electrons. The van der Waals surface area contributed by atoms with Crippen molar-refractivity contribution in [2.45, 2.75) is 43.9 Å². The highest BCUT2D eigenvalue weighted by molar-refractivity contribution is 5.22. The van der Waals surface area contributed by atoms with Crippen molar-refractivity contribution in [3.63, 3.8) is 0 Å². The van der Waals surface area contributed by atoms with Crippen LogP contribution in [0.1, 0.15) is 48.4 Å². The molecule has 1 aromatic heterocycles. The molecule has 0 bridgehead atoms. The van der Waals surface area contributed by atoms with Crippen LogP contribution >= 0.6 is 0 Å². The molecule has 5 nitrogen and oxygen atoms in total. The third-order valence-electron chi connectivity index (χ3n) is 4.90. The van der Waals surface area contributed by atoms with Crippen molar-refractivity contribution in [3.05, 3.63) is 47.3 Å². The highest BCUT2D eigenvalue weighted by atomic mass is 19.1. The van der Waals surface area contributed by atoms with E-state index in [9.17, 15) is 9.50 Å². The van der Waals surface area contributed by atoms with E-state index in [0.717, 1.165) is 17.2 Å². The minimum Gasteiger partial charge on any atom is -0.392 e. The van der Waals surface area contributed by atoms with Crippen LogP contribution in [0.25, 0.3) is 0 Å². The van der Waals surface area contributed by atoms with Crippen LogP contribution in [-0.4, -0.2) is 37.4 Å². The van der Waals surface area contributed by atoms with Crippen LogP contribution in [0.2, 0.25) is 0 Å². The van der Waals surface area contributed by atoms with E-state index in [2.05, 4.69) is 19.7 Å². The Morgan fingerprint density at radius 1 is 1.30 bits per heavy atom. The summed E-state index contributed by atoms with van der Waals surface area (Å²) in [5.41, 5.74) is 0.908. The number of rotatable bonds is 4. The molecule has 1 aromatic carbocycles. The summed E-state index contributed by atoms with van der Waals surface area (Å²) in [7, 11) is 2.01. The summed E-state index contributed by atoms with van der Waals surface area (Å²) in [6.07, 6.45) is 2.62. The first kappa shape index (κ1) is 14.8. The first-order chi connectivity index (χ1) is 11.1. The van der Waals surface area contributed by atoms with Crippen LogP contribution in [0.3, 0.4) is 0 Å². The average Bonchev–Trinajstić information content (AvgIpc) is 3.21. The number of benzene rings is 1. The van der Waals surface area contributed by atoms with E-state index in [1.165, 1.54) is 18.9 Å². The summed E-state index contributed by atoms with van der Waals surface area (Å²) in [5, 5.41) is 18.7. The maximum absolute atomic E-state index is 13.5. The Labute approximate surface area is 134 Å². The normalized spacial score (nSPS) is 25.2. The molecule has 2 atom stereocenters. The number of β-amino-alcohol motifs (C(OH)–C–C–N with tert-alkyl or cyclic N) is 1. The molecule has 2 heterocycles. The zero-order valence-corrected chi connectivity index (χ0v) is 13.2. The van der Waals surface area contributed by atoms with Gasteiger partial charge in [-0.25, -0.2) is 4.39 Å². The molecule has 2 aromatic rings. The number of aromatic nitrogens is 3. The van der Waals surface area contributed by atoms with Crippen LogP contribution < -0.4 is 0 Å². The lowest BCUT2D eigenvalue weighted by atomic mass is 10.0. The van der Waals surface area contributed by atoms with Gasteiger partial charge in [0, 0.05) is 25.6 Å². The average molecular weight is 316 g/mol. The van der Waals surface area contributed by atoms with Crippen molar-refractivity contribution >= 4 is 0 Å². The number of hydrogen-bond acceptors (Lipinski definition) is 4. The summed E-state index contributed by atoms with van der Waals surface area (Å²) >= 11 is 0. The van der Waals surface area contributed by atoms with Crippen LogP contribution in [-0.2, 0) is 13.6 Å². The van der Waals surface area contributed by atoms with Crippen molar-refractivity contribution in [1.82, 2.24) is 19.7 Å². The quantitative estimate of drug-likeness (QED) is 0.939. The van der Waals surface area contributed by atoms with Gasteiger partial charge in [0.2, 0.25) is 0 Å². The lowest BCUT2D eigenvalue weighted by Crippen LogP contribution is -2.26. The minimum absolute atomic E-state index is 0.0155. The Morgan fingerprint density at radius 2 is 2.13 bits per heavy atom. The monoisotopic (exact) mass is 316 g/mol. The maximum atomic E-state index is 13.5. The Hall–Kier alpha value is -1.79. The van der Waals surface area contributed by atoms with Crippen LogP contribution in [0.4, 0.5) is 4.39 Å².